The van der Waals surface area contributed by atoms with Gasteiger partial charge in [-0.15, -0.1) is 11.3 Å². The van der Waals surface area contributed by atoms with Gasteiger partial charge in [-0.25, -0.2) is 0 Å². The molecule has 5 heteroatoms. The maximum atomic E-state index is 10.1. The van der Waals surface area contributed by atoms with Gasteiger partial charge in [0.1, 0.15) is 0 Å². The molecule has 2 nitrogen and oxygen atoms in total. The molecule has 1 atom stereocenters. The van der Waals surface area contributed by atoms with Crippen LogP contribution in [-0.4, -0.2) is 28.8 Å². The molecule has 15 heavy (non-hydrogen) atoms. The number of rotatable bonds is 4. The van der Waals surface area contributed by atoms with Crippen molar-refractivity contribution < 1.29 is 5.11 Å². The molecule has 84 valence electrons. The second-order valence-electron chi connectivity index (χ2n) is 3.86. The monoisotopic (exact) mass is 307 g/mol. The molecule has 2 rings (SSSR count). The highest BCUT2D eigenvalue weighted by Crippen LogP contribution is 2.27. The van der Waals surface area contributed by atoms with E-state index < -0.39 is 5.60 Å². The first-order valence-electron chi connectivity index (χ1n) is 4.92. The fraction of sp³-hybridized carbons (Fsp3) is 0.600. The van der Waals surface area contributed by atoms with Crippen molar-refractivity contribution in [2.24, 2.45) is 0 Å². The van der Waals surface area contributed by atoms with E-state index in [2.05, 4.69) is 32.7 Å². The van der Waals surface area contributed by atoms with Gasteiger partial charge in [0.15, 0.2) is 0 Å². The fourth-order valence-electron chi connectivity index (χ4n) is 1.60. The van der Waals surface area contributed by atoms with E-state index in [-0.39, 0.29) is 0 Å². The van der Waals surface area contributed by atoms with Gasteiger partial charge in [-0.2, -0.15) is 11.8 Å². The minimum Gasteiger partial charge on any atom is -0.388 e. The zero-order chi connectivity index (χ0) is 10.7. The molecular formula is C10H14BrNOS2. The van der Waals surface area contributed by atoms with Crippen molar-refractivity contribution in [1.29, 1.82) is 0 Å². The summed E-state index contributed by atoms with van der Waals surface area (Å²) in [5.74, 6) is 1.96. The van der Waals surface area contributed by atoms with E-state index in [0.717, 1.165) is 28.9 Å². The number of hydrogen-bond acceptors (Lipinski definition) is 4. The van der Waals surface area contributed by atoms with Gasteiger partial charge in [-0.3, -0.25) is 0 Å². The van der Waals surface area contributed by atoms with Gasteiger partial charge in [-0.05, 0) is 34.2 Å². The van der Waals surface area contributed by atoms with Gasteiger partial charge in [-0.1, -0.05) is 0 Å². The molecule has 0 spiro atoms. The van der Waals surface area contributed by atoms with Gasteiger partial charge >= 0.3 is 0 Å². The second kappa shape index (κ2) is 5.19. The molecule has 1 saturated heterocycles. The lowest BCUT2D eigenvalue weighted by atomic mass is 10.0. The highest BCUT2D eigenvalue weighted by molar-refractivity contribution is 9.10. The third-order valence-corrected chi connectivity index (χ3v) is 5.39. The third-order valence-electron chi connectivity index (χ3n) is 2.46. The van der Waals surface area contributed by atoms with Gasteiger partial charge in [0, 0.05) is 33.6 Å². The number of halogens is 1. The summed E-state index contributed by atoms with van der Waals surface area (Å²) in [4.78, 5) is 1.30. The number of aliphatic hydroxyl groups is 1. The van der Waals surface area contributed by atoms with Crippen LogP contribution < -0.4 is 5.32 Å². The van der Waals surface area contributed by atoms with Crippen molar-refractivity contribution in [2.75, 3.05) is 18.1 Å². The van der Waals surface area contributed by atoms with Crippen molar-refractivity contribution in [3.8, 4) is 0 Å². The van der Waals surface area contributed by atoms with E-state index >= 15 is 0 Å². The Labute approximate surface area is 107 Å². The van der Waals surface area contributed by atoms with E-state index in [0.29, 0.717) is 6.54 Å². The summed E-state index contributed by atoms with van der Waals surface area (Å²) in [7, 11) is 0. The number of nitrogens with one attached hydrogen (secondary N) is 1. The van der Waals surface area contributed by atoms with Crippen molar-refractivity contribution in [3.05, 3.63) is 20.8 Å². The lowest BCUT2D eigenvalue weighted by Crippen LogP contribution is -2.40. The van der Waals surface area contributed by atoms with Crippen LogP contribution >= 0.6 is 39.0 Å². The number of hydrogen-bond donors (Lipinski definition) is 2. The highest BCUT2D eigenvalue weighted by Gasteiger charge is 2.30. The Bertz CT molecular complexity index is 323. The van der Waals surface area contributed by atoms with Crippen LogP contribution in [0.15, 0.2) is 15.9 Å². The molecule has 0 aromatic carbocycles. The first-order chi connectivity index (χ1) is 7.18. The summed E-state index contributed by atoms with van der Waals surface area (Å²) in [6.07, 6.45) is 0.915. The topological polar surface area (TPSA) is 32.3 Å². The Kier molecular flexibility index (Phi) is 4.12. The van der Waals surface area contributed by atoms with Crippen molar-refractivity contribution in [2.45, 2.75) is 18.6 Å². The van der Waals surface area contributed by atoms with E-state index in [1.807, 2.05) is 11.8 Å². The average molecular weight is 308 g/mol. The largest absolute Gasteiger partial charge is 0.388 e. The maximum absolute atomic E-state index is 10.1. The molecular weight excluding hydrogens is 294 g/mol. The molecule has 2 heterocycles. The smallest absolute Gasteiger partial charge is 0.0869 e. The molecule has 0 saturated carbocycles. The van der Waals surface area contributed by atoms with Crippen LogP contribution in [0.2, 0.25) is 0 Å². The predicted octanol–water partition coefficient (Wildman–Crippen LogP) is 2.47. The summed E-state index contributed by atoms with van der Waals surface area (Å²) in [6, 6.07) is 2.12. The predicted molar refractivity (Wildman–Crippen MR) is 70.6 cm³/mol. The van der Waals surface area contributed by atoms with Gasteiger partial charge in [0.25, 0.3) is 0 Å². The Hall–Kier alpha value is 0.450. The summed E-state index contributed by atoms with van der Waals surface area (Å²) in [6.45, 7) is 1.55. The maximum Gasteiger partial charge on any atom is 0.0869 e. The van der Waals surface area contributed by atoms with Crippen LogP contribution in [0.1, 0.15) is 11.3 Å². The third kappa shape index (κ3) is 3.46. The van der Waals surface area contributed by atoms with Crippen LogP contribution in [-0.2, 0) is 6.54 Å². The summed E-state index contributed by atoms with van der Waals surface area (Å²) < 4.78 is 1.14. The first kappa shape index (κ1) is 11.9. The standard InChI is InChI=1S/C10H14BrNOS2/c11-8-3-9(15-5-8)4-12-6-10(13)1-2-14-7-10/h3,5,12-13H,1-2,4,6-7H2. The molecule has 2 N–H and O–H groups in total. The molecule has 1 unspecified atom stereocenters. The zero-order valence-electron chi connectivity index (χ0n) is 8.33. The van der Waals surface area contributed by atoms with Crippen LogP contribution in [0.4, 0.5) is 0 Å². The molecule has 1 aromatic heterocycles. The van der Waals surface area contributed by atoms with Crippen molar-refractivity contribution in [1.82, 2.24) is 5.32 Å². The quantitative estimate of drug-likeness (QED) is 0.896. The summed E-state index contributed by atoms with van der Waals surface area (Å²) >= 11 is 7.00. The second-order valence-corrected chi connectivity index (χ2v) is 6.88. The van der Waals surface area contributed by atoms with Gasteiger partial charge < -0.3 is 10.4 Å². The van der Waals surface area contributed by atoms with E-state index in [1.54, 1.807) is 11.3 Å². The first-order valence-corrected chi connectivity index (χ1v) is 7.74. The van der Waals surface area contributed by atoms with Crippen LogP contribution in [0.25, 0.3) is 0 Å². The molecule has 0 amide bonds. The van der Waals surface area contributed by atoms with E-state index in [1.165, 1.54) is 4.88 Å². The molecule has 0 aliphatic carbocycles. The SMILES string of the molecule is OC1(CNCc2cc(Br)cs2)CCSC1. The highest BCUT2D eigenvalue weighted by atomic mass is 79.9. The number of thiophene rings is 1. The molecule has 1 aliphatic heterocycles. The molecule has 0 bridgehead atoms. The zero-order valence-corrected chi connectivity index (χ0v) is 11.6. The van der Waals surface area contributed by atoms with Crippen molar-refractivity contribution in [3.63, 3.8) is 0 Å². The fourth-order valence-corrected chi connectivity index (χ4v) is 4.32. The molecule has 1 fully saturated rings. The van der Waals surface area contributed by atoms with Crippen LogP contribution in [0.5, 0.6) is 0 Å². The van der Waals surface area contributed by atoms with E-state index in [4.69, 9.17) is 0 Å². The summed E-state index contributed by atoms with van der Waals surface area (Å²) in [5, 5.41) is 15.5. The number of thioether (sulfide) groups is 1. The Morgan fingerprint density at radius 1 is 1.60 bits per heavy atom. The lowest BCUT2D eigenvalue weighted by molar-refractivity contribution is 0.0675. The lowest BCUT2D eigenvalue weighted by Gasteiger charge is -2.21. The van der Waals surface area contributed by atoms with Crippen LogP contribution in [0.3, 0.4) is 0 Å². The average Bonchev–Trinajstić information content (AvgIpc) is 2.76. The Morgan fingerprint density at radius 2 is 2.47 bits per heavy atom. The molecule has 0 radical (unpaired) electrons. The minimum atomic E-state index is -0.473. The molecule has 1 aliphatic rings. The van der Waals surface area contributed by atoms with Gasteiger partial charge in [0.2, 0.25) is 0 Å². The van der Waals surface area contributed by atoms with Crippen LogP contribution in [0, 0.1) is 0 Å². The van der Waals surface area contributed by atoms with Crippen molar-refractivity contribution >= 4 is 39.0 Å². The summed E-state index contributed by atoms with van der Waals surface area (Å²) in [5.41, 5.74) is -0.473. The normalized spacial score (nSPS) is 26.0. The molecule has 1 aromatic rings. The Balaban J connectivity index is 1.75. The van der Waals surface area contributed by atoms with E-state index in [9.17, 15) is 5.11 Å². The Morgan fingerprint density at radius 3 is 3.07 bits per heavy atom. The minimum absolute atomic E-state index is 0.473. The van der Waals surface area contributed by atoms with Gasteiger partial charge in [0.05, 0.1) is 5.60 Å².